The molecular weight excluding hydrogens is 405 g/mol. The number of sulfonamides is 1. The molecule has 1 fully saturated rings. The second-order valence-electron chi connectivity index (χ2n) is 7.03. The summed E-state index contributed by atoms with van der Waals surface area (Å²) in [7, 11) is -4.31. The smallest absolute Gasteiger partial charge is 0.326 e. The molecule has 1 aliphatic rings. The zero-order valence-electron chi connectivity index (χ0n) is 15.7. The summed E-state index contributed by atoms with van der Waals surface area (Å²) in [6.07, 6.45) is -4.29. The van der Waals surface area contributed by atoms with Gasteiger partial charge in [-0.05, 0) is 44.0 Å². The molecule has 9 heteroatoms. The average Bonchev–Trinajstić information content (AvgIpc) is 2.69. The highest BCUT2D eigenvalue weighted by Gasteiger charge is 2.40. The Hall–Kier alpha value is -2.39. The van der Waals surface area contributed by atoms with Gasteiger partial charge in [-0.25, -0.2) is 8.42 Å². The van der Waals surface area contributed by atoms with Crippen molar-refractivity contribution >= 4 is 21.6 Å². The molecule has 29 heavy (non-hydrogen) atoms. The average molecular weight is 426 g/mol. The number of benzene rings is 2. The van der Waals surface area contributed by atoms with Gasteiger partial charge < -0.3 is 5.32 Å². The second kappa shape index (κ2) is 8.16. The predicted octanol–water partition coefficient (Wildman–Crippen LogP) is 4.05. The molecule has 1 amide bonds. The van der Waals surface area contributed by atoms with Gasteiger partial charge >= 0.3 is 6.18 Å². The van der Waals surface area contributed by atoms with Crippen LogP contribution >= 0.6 is 0 Å². The van der Waals surface area contributed by atoms with Crippen molar-refractivity contribution in [2.24, 2.45) is 5.92 Å². The Morgan fingerprint density at radius 2 is 1.62 bits per heavy atom. The molecular formula is C20H21F3N2O3S. The number of alkyl halides is 3. The quantitative estimate of drug-likeness (QED) is 0.802. The lowest BCUT2D eigenvalue weighted by Gasteiger charge is -2.31. The number of hydrogen-bond acceptors (Lipinski definition) is 3. The minimum absolute atomic E-state index is 0.0134. The van der Waals surface area contributed by atoms with Crippen LogP contribution in [-0.4, -0.2) is 31.7 Å². The largest absolute Gasteiger partial charge is 0.417 e. The number of aryl methyl sites for hydroxylation is 1. The Kier molecular flexibility index (Phi) is 6.00. The number of amides is 1. The molecule has 0 spiro atoms. The summed E-state index contributed by atoms with van der Waals surface area (Å²) >= 11 is 0. The fourth-order valence-electron chi connectivity index (χ4n) is 3.30. The molecule has 0 aromatic heterocycles. The molecule has 0 aliphatic carbocycles. The highest BCUT2D eigenvalue weighted by Crippen LogP contribution is 2.36. The third-order valence-corrected chi connectivity index (χ3v) is 6.91. The number of anilines is 1. The van der Waals surface area contributed by atoms with E-state index in [2.05, 4.69) is 5.32 Å². The minimum Gasteiger partial charge on any atom is -0.326 e. The fraction of sp³-hybridized carbons (Fsp3) is 0.350. The first-order valence-corrected chi connectivity index (χ1v) is 10.6. The topological polar surface area (TPSA) is 66.5 Å². The van der Waals surface area contributed by atoms with Crippen molar-refractivity contribution in [3.8, 4) is 0 Å². The van der Waals surface area contributed by atoms with Crippen molar-refractivity contribution in [1.29, 1.82) is 0 Å². The fourth-order valence-corrected chi connectivity index (χ4v) is 4.99. The lowest BCUT2D eigenvalue weighted by Crippen LogP contribution is -2.41. The third kappa shape index (κ3) is 4.79. The number of carbonyl (C=O) groups excluding carboxylic acids is 1. The van der Waals surface area contributed by atoms with E-state index in [9.17, 15) is 26.4 Å². The van der Waals surface area contributed by atoms with Crippen LogP contribution in [0.1, 0.15) is 24.0 Å². The minimum atomic E-state index is -4.77. The van der Waals surface area contributed by atoms with Crippen molar-refractivity contribution < 1.29 is 26.4 Å². The molecule has 3 rings (SSSR count). The van der Waals surface area contributed by atoms with E-state index < -0.39 is 32.6 Å². The molecule has 1 N–H and O–H groups in total. The first-order chi connectivity index (χ1) is 13.6. The van der Waals surface area contributed by atoms with E-state index in [4.69, 9.17) is 0 Å². The maximum atomic E-state index is 13.2. The van der Waals surface area contributed by atoms with E-state index in [1.807, 2.05) is 19.1 Å². The summed E-state index contributed by atoms with van der Waals surface area (Å²) in [4.78, 5) is 11.7. The highest BCUT2D eigenvalue weighted by atomic mass is 32.2. The molecule has 0 unspecified atom stereocenters. The van der Waals surface area contributed by atoms with Gasteiger partial charge in [0.1, 0.15) is 0 Å². The number of hydrogen-bond donors (Lipinski definition) is 1. The van der Waals surface area contributed by atoms with Gasteiger partial charge in [0.2, 0.25) is 15.9 Å². The summed E-state index contributed by atoms with van der Waals surface area (Å²) in [6, 6.07) is 11.4. The molecule has 1 heterocycles. The van der Waals surface area contributed by atoms with E-state index in [0.717, 1.165) is 28.1 Å². The zero-order valence-corrected chi connectivity index (χ0v) is 16.6. The molecule has 156 valence electrons. The number of piperidine rings is 1. The van der Waals surface area contributed by atoms with Gasteiger partial charge in [-0.1, -0.05) is 29.8 Å². The van der Waals surface area contributed by atoms with E-state index in [1.54, 1.807) is 12.1 Å². The first kappa shape index (κ1) is 21.3. The molecule has 2 aromatic rings. The van der Waals surface area contributed by atoms with E-state index >= 15 is 0 Å². The van der Waals surface area contributed by atoms with E-state index in [0.29, 0.717) is 5.69 Å². The molecule has 0 saturated carbocycles. The van der Waals surface area contributed by atoms with E-state index in [-0.39, 0.29) is 31.8 Å². The highest BCUT2D eigenvalue weighted by molar-refractivity contribution is 7.89. The van der Waals surface area contributed by atoms with Crippen LogP contribution in [0.5, 0.6) is 0 Å². The van der Waals surface area contributed by atoms with Crippen molar-refractivity contribution in [1.82, 2.24) is 4.31 Å². The summed E-state index contributed by atoms with van der Waals surface area (Å²) in [5, 5.41) is 2.80. The zero-order chi connectivity index (χ0) is 21.2. The summed E-state index contributed by atoms with van der Waals surface area (Å²) in [5.41, 5.74) is 0.523. The van der Waals surface area contributed by atoms with Crippen molar-refractivity contribution in [2.75, 3.05) is 18.4 Å². The second-order valence-corrected chi connectivity index (χ2v) is 8.93. The predicted molar refractivity (Wildman–Crippen MR) is 103 cm³/mol. The van der Waals surface area contributed by atoms with Crippen LogP contribution in [0.15, 0.2) is 53.4 Å². The Morgan fingerprint density at radius 1 is 1.03 bits per heavy atom. The molecule has 2 aromatic carbocycles. The van der Waals surface area contributed by atoms with Crippen LogP contribution < -0.4 is 5.32 Å². The van der Waals surface area contributed by atoms with Gasteiger partial charge in [0.15, 0.2) is 0 Å². The molecule has 1 aliphatic heterocycles. The summed E-state index contributed by atoms with van der Waals surface area (Å²) in [6.45, 7) is 1.90. The number of nitrogens with zero attached hydrogens (tertiary/aromatic N) is 1. The summed E-state index contributed by atoms with van der Waals surface area (Å²) in [5.74, 6) is -0.623. The number of rotatable bonds is 4. The Bertz CT molecular complexity index is 981. The lowest BCUT2D eigenvalue weighted by molar-refractivity contribution is -0.139. The normalized spacial score (nSPS) is 16.6. The van der Waals surface area contributed by atoms with Gasteiger partial charge in [0.25, 0.3) is 0 Å². The molecule has 5 nitrogen and oxygen atoms in total. The van der Waals surface area contributed by atoms with Gasteiger partial charge in [-0.15, -0.1) is 0 Å². The van der Waals surface area contributed by atoms with Gasteiger partial charge in [-0.2, -0.15) is 17.5 Å². The van der Waals surface area contributed by atoms with Crippen LogP contribution in [0.3, 0.4) is 0 Å². The van der Waals surface area contributed by atoms with Crippen molar-refractivity contribution in [2.45, 2.75) is 30.8 Å². The van der Waals surface area contributed by atoms with E-state index in [1.165, 1.54) is 6.07 Å². The molecule has 1 saturated heterocycles. The van der Waals surface area contributed by atoms with Crippen molar-refractivity contribution in [3.63, 3.8) is 0 Å². The monoisotopic (exact) mass is 426 g/mol. The standard InChI is InChI=1S/C20H21F3N2O3S/c1-14-6-8-16(9-7-14)24-19(26)15-10-12-25(13-11-15)29(27,28)18-5-3-2-4-17(18)20(21,22)23/h2-9,15H,10-13H2,1H3,(H,24,26). The number of halogens is 3. The first-order valence-electron chi connectivity index (χ1n) is 9.13. The maximum Gasteiger partial charge on any atom is 0.417 e. The number of nitrogens with one attached hydrogen (secondary N) is 1. The Labute approximate surface area is 167 Å². The van der Waals surface area contributed by atoms with Crippen LogP contribution in [0, 0.1) is 12.8 Å². The van der Waals surface area contributed by atoms with Crippen molar-refractivity contribution in [3.05, 3.63) is 59.7 Å². The van der Waals surface area contributed by atoms with Gasteiger partial charge in [-0.3, -0.25) is 4.79 Å². The maximum absolute atomic E-state index is 13.2. The Morgan fingerprint density at radius 3 is 2.21 bits per heavy atom. The van der Waals surface area contributed by atoms with Crippen LogP contribution in [0.2, 0.25) is 0 Å². The molecule has 0 radical (unpaired) electrons. The van der Waals surface area contributed by atoms with Crippen LogP contribution in [0.25, 0.3) is 0 Å². The SMILES string of the molecule is Cc1ccc(NC(=O)C2CCN(S(=O)(=O)c3ccccc3C(F)(F)F)CC2)cc1. The van der Waals surface area contributed by atoms with Crippen LogP contribution in [0.4, 0.5) is 18.9 Å². The van der Waals surface area contributed by atoms with Gasteiger partial charge in [0.05, 0.1) is 10.5 Å². The Balaban J connectivity index is 1.69. The van der Waals surface area contributed by atoms with Gasteiger partial charge in [0, 0.05) is 24.7 Å². The molecule has 0 bridgehead atoms. The summed E-state index contributed by atoms with van der Waals surface area (Å²) < 4.78 is 66.2. The third-order valence-electron chi connectivity index (χ3n) is 4.95. The lowest BCUT2D eigenvalue weighted by atomic mass is 9.97. The number of carbonyl (C=O) groups is 1. The van der Waals surface area contributed by atoms with Crippen LogP contribution in [-0.2, 0) is 21.0 Å². The molecule has 0 atom stereocenters.